The molecule has 2 aliphatic heterocycles. The third-order valence-corrected chi connectivity index (χ3v) is 5.28. The Labute approximate surface area is 171 Å². The molecule has 1 saturated heterocycles. The molecule has 1 aromatic rings. The standard InChI is InChI=1S/C22H29NO6/c1-27-22(26)17-8-6-16(7-9-17)18-14-19(21(25)23-10-2-3-11-23)29-20(15-18)28-13-5-4-12-24/h6-9,14,18,20,24H,2-5,10-13,15H2,1H3/t18-,20+/m0/s1. The summed E-state index contributed by atoms with van der Waals surface area (Å²) in [7, 11) is 1.35. The average Bonchev–Trinajstić information content (AvgIpc) is 3.30. The molecule has 29 heavy (non-hydrogen) atoms. The average molecular weight is 403 g/mol. The van der Waals surface area contributed by atoms with Crippen LogP contribution in [0.25, 0.3) is 0 Å². The van der Waals surface area contributed by atoms with Gasteiger partial charge in [-0.2, -0.15) is 0 Å². The maximum absolute atomic E-state index is 12.9. The molecule has 7 heteroatoms. The number of carbonyl (C=O) groups is 2. The van der Waals surface area contributed by atoms with Crippen molar-refractivity contribution in [1.82, 2.24) is 4.90 Å². The van der Waals surface area contributed by atoms with Crippen LogP contribution in [0.4, 0.5) is 0 Å². The van der Waals surface area contributed by atoms with Crippen molar-refractivity contribution in [1.29, 1.82) is 0 Å². The minimum Gasteiger partial charge on any atom is -0.465 e. The summed E-state index contributed by atoms with van der Waals surface area (Å²) in [6.07, 6.45) is 5.34. The molecule has 1 amide bonds. The van der Waals surface area contributed by atoms with Crippen molar-refractivity contribution in [2.24, 2.45) is 0 Å². The SMILES string of the molecule is COC(=O)c1ccc([C@H]2C=C(C(=O)N3CCCC3)O[C@@H](OCCCCO)C2)cc1. The monoisotopic (exact) mass is 403 g/mol. The van der Waals surface area contributed by atoms with Crippen LogP contribution in [0.2, 0.25) is 0 Å². The van der Waals surface area contributed by atoms with Gasteiger partial charge in [0, 0.05) is 32.0 Å². The summed E-state index contributed by atoms with van der Waals surface area (Å²) in [6.45, 7) is 2.09. The van der Waals surface area contributed by atoms with Crippen LogP contribution in [0.3, 0.4) is 0 Å². The first-order valence-electron chi connectivity index (χ1n) is 10.2. The normalized spacial score (nSPS) is 21.4. The lowest BCUT2D eigenvalue weighted by Gasteiger charge is -2.30. The second-order valence-corrected chi connectivity index (χ2v) is 7.33. The van der Waals surface area contributed by atoms with Crippen LogP contribution < -0.4 is 0 Å². The number of hydrogen-bond donors (Lipinski definition) is 1. The number of esters is 1. The number of benzene rings is 1. The number of hydrogen-bond acceptors (Lipinski definition) is 6. The minimum absolute atomic E-state index is 0.0557. The quantitative estimate of drug-likeness (QED) is 0.531. The summed E-state index contributed by atoms with van der Waals surface area (Å²) in [5, 5.41) is 8.93. The first kappa shape index (κ1) is 21.3. The number of amides is 1. The van der Waals surface area contributed by atoms with E-state index < -0.39 is 6.29 Å². The molecular weight excluding hydrogens is 374 g/mol. The molecule has 0 unspecified atom stereocenters. The molecule has 0 spiro atoms. The van der Waals surface area contributed by atoms with Crippen LogP contribution >= 0.6 is 0 Å². The highest BCUT2D eigenvalue weighted by molar-refractivity contribution is 5.92. The van der Waals surface area contributed by atoms with Crippen molar-refractivity contribution in [3.05, 3.63) is 47.2 Å². The van der Waals surface area contributed by atoms with E-state index in [0.717, 1.165) is 37.9 Å². The summed E-state index contributed by atoms with van der Waals surface area (Å²) < 4.78 is 16.5. The van der Waals surface area contributed by atoms with Crippen molar-refractivity contribution in [2.75, 3.05) is 33.4 Å². The predicted octanol–water partition coefficient (Wildman–Crippen LogP) is 2.60. The second-order valence-electron chi connectivity index (χ2n) is 7.33. The van der Waals surface area contributed by atoms with Crippen molar-refractivity contribution in [3.63, 3.8) is 0 Å². The lowest BCUT2D eigenvalue weighted by Crippen LogP contribution is -2.35. The van der Waals surface area contributed by atoms with E-state index in [0.29, 0.717) is 30.8 Å². The fraction of sp³-hybridized carbons (Fsp3) is 0.545. The Kier molecular flexibility index (Phi) is 7.66. The highest BCUT2D eigenvalue weighted by atomic mass is 16.7. The van der Waals surface area contributed by atoms with Gasteiger partial charge in [-0.3, -0.25) is 4.79 Å². The van der Waals surface area contributed by atoms with Crippen molar-refractivity contribution >= 4 is 11.9 Å². The first-order chi connectivity index (χ1) is 14.1. The molecule has 158 valence electrons. The highest BCUT2D eigenvalue weighted by Crippen LogP contribution is 2.32. The Morgan fingerprint density at radius 3 is 2.55 bits per heavy atom. The van der Waals surface area contributed by atoms with E-state index >= 15 is 0 Å². The van der Waals surface area contributed by atoms with E-state index in [-0.39, 0.29) is 24.4 Å². The van der Waals surface area contributed by atoms with Gasteiger partial charge in [-0.15, -0.1) is 0 Å². The molecule has 0 bridgehead atoms. The molecule has 2 atom stereocenters. The van der Waals surface area contributed by atoms with Gasteiger partial charge >= 0.3 is 5.97 Å². The van der Waals surface area contributed by atoms with Crippen LogP contribution in [0.15, 0.2) is 36.1 Å². The first-order valence-corrected chi connectivity index (χ1v) is 10.2. The summed E-state index contributed by atoms with van der Waals surface area (Å²) in [5.41, 5.74) is 1.47. The largest absolute Gasteiger partial charge is 0.465 e. The van der Waals surface area contributed by atoms with Gasteiger partial charge in [0.2, 0.25) is 6.29 Å². The van der Waals surface area contributed by atoms with Crippen LogP contribution in [0.5, 0.6) is 0 Å². The smallest absolute Gasteiger partial charge is 0.337 e. The van der Waals surface area contributed by atoms with Gasteiger partial charge in [-0.05, 0) is 49.5 Å². The fourth-order valence-electron chi connectivity index (χ4n) is 3.63. The number of nitrogens with zero attached hydrogens (tertiary/aromatic N) is 1. The topological polar surface area (TPSA) is 85.3 Å². The third-order valence-electron chi connectivity index (χ3n) is 5.28. The summed E-state index contributed by atoms with van der Waals surface area (Å²) in [4.78, 5) is 26.4. The molecule has 2 heterocycles. The lowest BCUT2D eigenvalue weighted by atomic mass is 9.92. The van der Waals surface area contributed by atoms with Crippen molar-refractivity contribution in [2.45, 2.75) is 44.3 Å². The number of rotatable bonds is 8. The number of aliphatic hydroxyl groups is 1. The Morgan fingerprint density at radius 1 is 1.17 bits per heavy atom. The van der Waals surface area contributed by atoms with Gasteiger partial charge in [-0.1, -0.05) is 12.1 Å². The third kappa shape index (κ3) is 5.58. The number of unbranched alkanes of at least 4 members (excludes halogenated alkanes) is 1. The predicted molar refractivity (Wildman–Crippen MR) is 106 cm³/mol. The maximum atomic E-state index is 12.9. The summed E-state index contributed by atoms with van der Waals surface area (Å²) >= 11 is 0. The minimum atomic E-state index is -0.523. The van der Waals surface area contributed by atoms with Gasteiger partial charge in [0.15, 0.2) is 5.76 Å². The number of ether oxygens (including phenoxy) is 3. The molecule has 0 radical (unpaired) electrons. The molecule has 7 nitrogen and oxygen atoms in total. The fourth-order valence-corrected chi connectivity index (χ4v) is 3.63. The number of allylic oxidation sites excluding steroid dienone is 1. The van der Waals surface area contributed by atoms with Crippen molar-refractivity contribution < 1.29 is 28.9 Å². The van der Waals surface area contributed by atoms with Crippen LogP contribution in [0.1, 0.15) is 53.9 Å². The molecule has 2 aliphatic rings. The van der Waals surface area contributed by atoms with E-state index in [2.05, 4.69) is 0 Å². The lowest BCUT2D eigenvalue weighted by molar-refractivity contribution is -0.152. The van der Waals surface area contributed by atoms with Gasteiger partial charge in [0.05, 0.1) is 19.3 Å². The van der Waals surface area contributed by atoms with Crippen molar-refractivity contribution in [3.8, 4) is 0 Å². The zero-order valence-corrected chi connectivity index (χ0v) is 16.8. The summed E-state index contributed by atoms with van der Waals surface area (Å²) in [5.74, 6) is -0.205. The van der Waals surface area contributed by atoms with Crippen LogP contribution in [-0.4, -0.2) is 61.6 Å². The van der Waals surface area contributed by atoms with E-state index in [9.17, 15) is 9.59 Å². The van der Waals surface area contributed by atoms with Gasteiger partial charge in [0.1, 0.15) is 0 Å². The van der Waals surface area contributed by atoms with Gasteiger partial charge in [0.25, 0.3) is 5.91 Å². The Hall–Kier alpha value is -2.38. The molecule has 3 rings (SSSR count). The number of likely N-dealkylation sites (tertiary alicyclic amines) is 1. The Bertz CT molecular complexity index is 723. The Balaban J connectivity index is 1.76. The highest BCUT2D eigenvalue weighted by Gasteiger charge is 2.31. The molecule has 1 aromatic carbocycles. The zero-order chi connectivity index (χ0) is 20.6. The Morgan fingerprint density at radius 2 is 1.90 bits per heavy atom. The van der Waals surface area contributed by atoms with E-state index in [1.54, 1.807) is 12.1 Å². The van der Waals surface area contributed by atoms with Crippen LogP contribution in [0, 0.1) is 0 Å². The van der Waals surface area contributed by atoms with E-state index in [1.165, 1.54) is 7.11 Å². The summed E-state index contributed by atoms with van der Waals surface area (Å²) in [6, 6.07) is 7.20. The van der Waals surface area contributed by atoms with Gasteiger partial charge < -0.3 is 24.2 Å². The number of carbonyl (C=O) groups excluding carboxylic acids is 2. The molecular formula is C22H29NO6. The molecule has 0 aromatic heterocycles. The number of aliphatic hydroxyl groups excluding tert-OH is 1. The molecule has 1 fully saturated rings. The van der Waals surface area contributed by atoms with Crippen LogP contribution in [-0.2, 0) is 19.0 Å². The van der Waals surface area contributed by atoms with E-state index in [4.69, 9.17) is 19.3 Å². The van der Waals surface area contributed by atoms with Gasteiger partial charge in [-0.25, -0.2) is 4.79 Å². The zero-order valence-electron chi connectivity index (χ0n) is 16.8. The molecule has 0 saturated carbocycles. The molecule has 0 aliphatic carbocycles. The number of methoxy groups -OCH3 is 1. The van der Waals surface area contributed by atoms with E-state index in [1.807, 2.05) is 23.1 Å². The second kappa shape index (κ2) is 10.4. The maximum Gasteiger partial charge on any atom is 0.337 e. The molecule has 1 N–H and O–H groups in total.